The van der Waals surface area contributed by atoms with Crippen LogP contribution in [0.25, 0.3) is 0 Å². The average molecular weight is 184 g/mol. The number of rotatable bonds is 2. The number of aliphatic carboxylic acids is 2. The second kappa shape index (κ2) is 7.43. The number of hydrogen-bond acceptors (Lipinski definition) is 4. The maximum Gasteiger partial charge on any atom is 1.00 e. The van der Waals surface area contributed by atoms with Crippen LogP contribution < -0.4 is 47.9 Å². The van der Waals surface area contributed by atoms with Crippen molar-refractivity contribution in [2.75, 3.05) is 0 Å². The number of carbonyl (C=O) groups is 2. The molecule has 14 heavy (non-hydrogen) atoms. The molecule has 0 saturated heterocycles. The summed E-state index contributed by atoms with van der Waals surface area (Å²) in [5.41, 5.74) is 0. The Morgan fingerprint density at radius 3 is 1.36 bits per heavy atom. The summed E-state index contributed by atoms with van der Waals surface area (Å²) in [6, 6.07) is 0. The van der Waals surface area contributed by atoms with E-state index >= 15 is 0 Å². The van der Waals surface area contributed by atoms with Gasteiger partial charge in [0.05, 0.1) is 0 Å². The van der Waals surface area contributed by atoms with Crippen molar-refractivity contribution in [2.24, 2.45) is 11.8 Å². The fourth-order valence-electron chi connectivity index (χ4n) is 1.70. The Morgan fingerprint density at radius 1 is 0.857 bits per heavy atom. The molecule has 68 valence electrons. The third kappa shape index (κ3) is 4.11. The van der Waals surface area contributed by atoms with E-state index in [9.17, 15) is 19.8 Å². The number of carbonyl (C=O) groups excluding carboxylic acids is 2. The zero-order valence-electron chi connectivity index (χ0n) is 8.62. The normalized spacial score (nSPS) is 25.4. The van der Waals surface area contributed by atoms with Crippen LogP contribution in [-0.2, 0) is 9.59 Å². The maximum atomic E-state index is 10.5. The largest absolute Gasteiger partial charge is 1.00 e. The van der Waals surface area contributed by atoms with E-state index in [0.29, 0.717) is 12.8 Å². The molecule has 0 amide bonds. The zero-order valence-corrected chi connectivity index (χ0v) is 8.62. The SMILES string of the molecule is O=C([O-])[C@H]1CCCC[C@@H]1C(=O)[O-].[Li+].[Li+]. The molecule has 1 rings (SSSR count). The Bertz CT molecular complexity index is 186. The van der Waals surface area contributed by atoms with Gasteiger partial charge in [-0.2, -0.15) is 0 Å². The molecule has 0 radical (unpaired) electrons. The molecular formula is C8H10Li2O4. The third-order valence-electron chi connectivity index (χ3n) is 2.37. The zero-order chi connectivity index (χ0) is 9.14. The van der Waals surface area contributed by atoms with Crippen LogP contribution in [0, 0.1) is 11.8 Å². The maximum absolute atomic E-state index is 10.5. The first kappa shape index (κ1) is 16.6. The molecule has 4 nitrogen and oxygen atoms in total. The van der Waals surface area contributed by atoms with Gasteiger partial charge in [0, 0.05) is 23.8 Å². The van der Waals surface area contributed by atoms with Crippen LogP contribution in [0.2, 0.25) is 0 Å². The Morgan fingerprint density at radius 2 is 1.14 bits per heavy atom. The van der Waals surface area contributed by atoms with E-state index < -0.39 is 23.8 Å². The first-order chi connectivity index (χ1) is 5.63. The first-order valence-corrected chi connectivity index (χ1v) is 4.04. The molecule has 2 atom stereocenters. The van der Waals surface area contributed by atoms with Crippen molar-refractivity contribution < 1.29 is 57.5 Å². The van der Waals surface area contributed by atoms with E-state index in [4.69, 9.17) is 0 Å². The minimum absolute atomic E-state index is 0. The molecule has 1 saturated carbocycles. The van der Waals surface area contributed by atoms with Gasteiger partial charge in [-0.3, -0.25) is 0 Å². The molecule has 0 heterocycles. The van der Waals surface area contributed by atoms with Gasteiger partial charge in [-0.25, -0.2) is 0 Å². The summed E-state index contributed by atoms with van der Waals surface area (Å²) in [5, 5.41) is 20.9. The van der Waals surface area contributed by atoms with Crippen LogP contribution >= 0.6 is 0 Å². The third-order valence-corrected chi connectivity index (χ3v) is 2.37. The molecule has 0 aliphatic heterocycles. The number of carboxylic acids is 2. The predicted octanol–water partition coefficient (Wildman–Crippen LogP) is -7.70. The van der Waals surface area contributed by atoms with Crippen molar-refractivity contribution in [1.82, 2.24) is 0 Å². The standard InChI is InChI=1S/C8H12O4.2Li/c9-7(10)5-3-1-2-4-6(5)8(11)12;;/h5-6H,1-4H2,(H,9,10)(H,11,12);;/q;2*+1/p-2/t5-,6-;;/m0../s1. The Balaban J connectivity index is 0. The minimum atomic E-state index is -1.26. The summed E-state index contributed by atoms with van der Waals surface area (Å²) >= 11 is 0. The molecule has 0 aromatic carbocycles. The molecule has 0 unspecified atom stereocenters. The summed E-state index contributed by atoms with van der Waals surface area (Å²) < 4.78 is 0. The van der Waals surface area contributed by atoms with Crippen molar-refractivity contribution in [2.45, 2.75) is 25.7 Å². The van der Waals surface area contributed by atoms with E-state index in [0.717, 1.165) is 12.8 Å². The van der Waals surface area contributed by atoms with Gasteiger partial charge in [-0.15, -0.1) is 0 Å². The van der Waals surface area contributed by atoms with E-state index in [1.54, 1.807) is 0 Å². The van der Waals surface area contributed by atoms with Gasteiger partial charge in [0.25, 0.3) is 0 Å². The summed E-state index contributed by atoms with van der Waals surface area (Å²) in [4.78, 5) is 20.9. The first-order valence-electron chi connectivity index (χ1n) is 4.04. The molecule has 1 aliphatic rings. The average Bonchev–Trinajstić information content (AvgIpc) is 2.04. The van der Waals surface area contributed by atoms with Crippen molar-refractivity contribution in [3.63, 3.8) is 0 Å². The van der Waals surface area contributed by atoms with Crippen LogP contribution in [0.5, 0.6) is 0 Å². The van der Waals surface area contributed by atoms with Crippen molar-refractivity contribution in [3.8, 4) is 0 Å². The Kier molecular flexibility index (Phi) is 8.79. The number of carboxylic acid groups (broad SMARTS) is 2. The van der Waals surface area contributed by atoms with Gasteiger partial charge >= 0.3 is 37.7 Å². The molecule has 6 heteroatoms. The van der Waals surface area contributed by atoms with Gasteiger partial charge in [0.15, 0.2) is 0 Å². The molecule has 1 aliphatic carbocycles. The van der Waals surface area contributed by atoms with Crippen LogP contribution in [0.15, 0.2) is 0 Å². The summed E-state index contributed by atoms with van der Waals surface area (Å²) in [6.07, 6.45) is 2.34. The van der Waals surface area contributed by atoms with Gasteiger partial charge < -0.3 is 19.8 Å². The summed E-state index contributed by atoms with van der Waals surface area (Å²) in [6.45, 7) is 0. The molecule has 0 aromatic heterocycles. The molecule has 0 bridgehead atoms. The van der Waals surface area contributed by atoms with Crippen LogP contribution in [0.1, 0.15) is 25.7 Å². The fraction of sp³-hybridized carbons (Fsp3) is 0.750. The van der Waals surface area contributed by atoms with E-state index in [1.807, 2.05) is 0 Å². The van der Waals surface area contributed by atoms with Gasteiger partial charge in [0.2, 0.25) is 0 Å². The molecule has 0 aromatic rings. The molecule has 0 spiro atoms. The van der Waals surface area contributed by atoms with Gasteiger partial charge in [-0.1, -0.05) is 12.8 Å². The quantitative estimate of drug-likeness (QED) is 0.399. The van der Waals surface area contributed by atoms with Crippen LogP contribution in [0.4, 0.5) is 0 Å². The molecule has 1 fully saturated rings. The molecule has 0 N–H and O–H groups in total. The van der Waals surface area contributed by atoms with Crippen LogP contribution in [-0.4, -0.2) is 11.9 Å². The predicted molar refractivity (Wildman–Crippen MR) is 35.5 cm³/mol. The van der Waals surface area contributed by atoms with Crippen molar-refractivity contribution >= 4 is 11.9 Å². The number of hydrogen-bond donors (Lipinski definition) is 0. The van der Waals surface area contributed by atoms with Gasteiger partial charge in [-0.05, 0) is 12.8 Å². The van der Waals surface area contributed by atoms with E-state index in [-0.39, 0.29) is 37.7 Å². The second-order valence-corrected chi connectivity index (χ2v) is 3.14. The monoisotopic (exact) mass is 184 g/mol. The van der Waals surface area contributed by atoms with E-state index in [2.05, 4.69) is 0 Å². The minimum Gasteiger partial charge on any atom is -0.550 e. The Labute approximate surface area is 107 Å². The van der Waals surface area contributed by atoms with E-state index in [1.165, 1.54) is 0 Å². The van der Waals surface area contributed by atoms with Crippen LogP contribution in [0.3, 0.4) is 0 Å². The van der Waals surface area contributed by atoms with Crippen molar-refractivity contribution in [3.05, 3.63) is 0 Å². The summed E-state index contributed by atoms with van der Waals surface area (Å²) in [5.74, 6) is -4.21. The van der Waals surface area contributed by atoms with Gasteiger partial charge in [0.1, 0.15) is 0 Å². The van der Waals surface area contributed by atoms with Crippen molar-refractivity contribution in [1.29, 1.82) is 0 Å². The molecular weight excluding hydrogens is 174 g/mol. The summed E-state index contributed by atoms with van der Waals surface area (Å²) in [7, 11) is 0. The smallest absolute Gasteiger partial charge is 0.550 e. The fourth-order valence-corrected chi connectivity index (χ4v) is 1.70. The second-order valence-electron chi connectivity index (χ2n) is 3.14. The topological polar surface area (TPSA) is 80.3 Å². The Hall–Kier alpha value is 0.135.